The molecule has 0 aliphatic heterocycles. The number of nitrogens with one attached hydrogen (secondary N) is 2. The van der Waals surface area contributed by atoms with Gasteiger partial charge >= 0.3 is 0 Å². The molecule has 0 spiro atoms. The average Bonchev–Trinajstić information content (AvgIpc) is 2.71. The summed E-state index contributed by atoms with van der Waals surface area (Å²) < 4.78 is 0. The lowest BCUT2D eigenvalue weighted by Crippen LogP contribution is -2.47. The third kappa shape index (κ3) is 5.81. The summed E-state index contributed by atoms with van der Waals surface area (Å²) in [6, 6.07) is 16.3. The second-order valence-electron chi connectivity index (χ2n) is 6.57. The lowest BCUT2D eigenvalue weighted by molar-refractivity contribution is -0.122. The van der Waals surface area contributed by atoms with Crippen LogP contribution in [-0.4, -0.2) is 42.4 Å². The van der Waals surface area contributed by atoms with Crippen molar-refractivity contribution in [1.82, 2.24) is 15.5 Å². The van der Waals surface area contributed by atoms with Crippen molar-refractivity contribution in [3.05, 3.63) is 70.7 Å². The van der Waals surface area contributed by atoms with Crippen LogP contribution in [0.2, 0.25) is 5.02 Å². The second kappa shape index (κ2) is 10.8. The van der Waals surface area contributed by atoms with E-state index in [1.807, 2.05) is 18.2 Å². The van der Waals surface area contributed by atoms with Gasteiger partial charge in [-0.05, 0) is 37.7 Å². The summed E-state index contributed by atoms with van der Waals surface area (Å²) in [6.45, 7) is 8.10. The van der Waals surface area contributed by atoms with Crippen molar-refractivity contribution >= 4 is 23.4 Å². The third-order valence-electron chi connectivity index (χ3n) is 4.77. The molecule has 0 heterocycles. The van der Waals surface area contributed by atoms with Crippen LogP contribution < -0.4 is 10.6 Å². The quantitative estimate of drug-likeness (QED) is 0.674. The van der Waals surface area contributed by atoms with E-state index in [2.05, 4.69) is 41.5 Å². The number of likely N-dealkylation sites (N-methyl/N-ethyl adjacent to an activating group) is 1. The number of nitrogens with zero attached hydrogens (tertiary/aromatic N) is 1. The summed E-state index contributed by atoms with van der Waals surface area (Å²) in [5.74, 6) is -0.593. The Morgan fingerprint density at radius 2 is 1.61 bits per heavy atom. The molecule has 28 heavy (non-hydrogen) atoms. The molecule has 2 atom stereocenters. The highest BCUT2D eigenvalue weighted by Gasteiger charge is 2.22. The molecule has 0 aliphatic carbocycles. The largest absolute Gasteiger partial charge is 0.352 e. The number of carbonyl (C=O) groups is 2. The molecular formula is C22H28ClN3O2. The zero-order chi connectivity index (χ0) is 20.5. The third-order valence-corrected chi connectivity index (χ3v) is 5.10. The van der Waals surface area contributed by atoms with E-state index in [4.69, 9.17) is 11.6 Å². The molecule has 2 aromatic rings. The van der Waals surface area contributed by atoms with Crippen LogP contribution in [0.15, 0.2) is 54.6 Å². The van der Waals surface area contributed by atoms with Gasteiger partial charge in [0.2, 0.25) is 5.91 Å². The minimum absolute atomic E-state index is 0.0756. The molecule has 150 valence electrons. The lowest BCUT2D eigenvalue weighted by atomic mass is 10.0. The van der Waals surface area contributed by atoms with Crippen LogP contribution in [0.1, 0.15) is 42.7 Å². The summed E-state index contributed by atoms with van der Waals surface area (Å²) in [6.07, 6.45) is 0. The van der Waals surface area contributed by atoms with Crippen LogP contribution >= 0.6 is 11.6 Å². The molecule has 0 saturated carbocycles. The first-order valence-electron chi connectivity index (χ1n) is 9.60. The highest BCUT2D eigenvalue weighted by atomic mass is 35.5. The van der Waals surface area contributed by atoms with E-state index >= 15 is 0 Å². The Bertz CT molecular complexity index is 778. The predicted molar refractivity (Wildman–Crippen MR) is 113 cm³/mol. The van der Waals surface area contributed by atoms with Gasteiger partial charge in [-0.3, -0.25) is 14.5 Å². The van der Waals surface area contributed by atoms with E-state index in [9.17, 15) is 9.59 Å². The van der Waals surface area contributed by atoms with Crippen LogP contribution in [0, 0.1) is 0 Å². The van der Waals surface area contributed by atoms with Gasteiger partial charge in [0, 0.05) is 6.54 Å². The molecule has 0 bridgehead atoms. The van der Waals surface area contributed by atoms with Crippen LogP contribution in [0.4, 0.5) is 0 Å². The van der Waals surface area contributed by atoms with Gasteiger partial charge < -0.3 is 10.6 Å². The molecular weight excluding hydrogens is 374 g/mol. The van der Waals surface area contributed by atoms with Gasteiger partial charge in [-0.1, -0.05) is 67.9 Å². The Morgan fingerprint density at radius 3 is 2.21 bits per heavy atom. The highest BCUT2D eigenvalue weighted by Crippen LogP contribution is 2.19. The van der Waals surface area contributed by atoms with Crippen molar-refractivity contribution in [2.45, 2.75) is 32.9 Å². The van der Waals surface area contributed by atoms with Gasteiger partial charge in [-0.15, -0.1) is 0 Å². The standard InChI is InChI=1S/C22H28ClN3O2/c1-4-26(5-2)20(17-11-7-6-8-12-17)15-24-21(27)16(3)25-22(28)18-13-9-10-14-19(18)23/h6-14,16,20H,4-5,15H2,1-3H3,(H,24,27)(H,25,28). The maximum atomic E-state index is 12.6. The van der Waals surface area contributed by atoms with Gasteiger partial charge in [0.1, 0.15) is 6.04 Å². The molecule has 2 aromatic carbocycles. The maximum Gasteiger partial charge on any atom is 0.253 e. The minimum atomic E-state index is -0.670. The Balaban J connectivity index is 1.99. The minimum Gasteiger partial charge on any atom is -0.352 e. The number of halogens is 1. The zero-order valence-corrected chi connectivity index (χ0v) is 17.4. The molecule has 0 fully saturated rings. The fraction of sp³-hybridized carbons (Fsp3) is 0.364. The molecule has 2 N–H and O–H groups in total. The molecule has 0 aromatic heterocycles. The Kier molecular flexibility index (Phi) is 8.48. The first-order chi connectivity index (χ1) is 13.5. The van der Waals surface area contributed by atoms with Crippen LogP contribution in [0.3, 0.4) is 0 Å². The van der Waals surface area contributed by atoms with Gasteiger partial charge in [0.15, 0.2) is 0 Å². The number of amides is 2. The maximum absolute atomic E-state index is 12.6. The Hall–Kier alpha value is -2.37. The highest BCUT2D eigenvalue weighted by molar-refractivity contribution is 6.33. The van der Waals surface area contributed by atoms with Crippen molar-refractivity contribution in [2.24, 2.45) is 0 Å². The Labute approximate surface area is 172 Å². The van der Waals surface area contributed by atoms with E-state index in [-0.39, 0.29) is 17.9 Å². The van der Waals surface area contributed by atoms with Gasteiger partial charge in [0.25, 0.3) is 5.91 Å². The predicted octanol–water partition coefficient (Wildman–Crippen LogP) is 3.66. The summed E-state index contributed by atoms with van der Waals surface area (Å²) in [5, 5.41) is 6.04. The van der Waals surface area contributed by atoms with Gasteiger partial charge in [-0.2, -0.15) is 0 Å². The van der Waals surface area contributed by atoms with Crippen molar-refractivity contribution in [3.8, 4) is 0 Å². The van der Waals surface area contributed by atoms with Crippen molar-refractivity contribution in [1.29, 1.82) is 0 Å². The number of rotatable bonds is 9. The molecule has 2 amide bonds. The second-order valence-corrected chi connectivity index (χ2v) is 6.98. The molecule has 0 aliphatic rings. The normalized spacial score (nSPS) is 13.0. The van der Waals surface area contributed by atoms with Gasteiger partial charge in [-0.25, -0.2) is 0 Å². The summed E-state index contributed by atoms with van der Waals surface area (Å²) in [5.41, 5.74) is 1.51. The van der Waals surface area contributed by atoms with Crippen LogP contribution in [0.25, 0.3) is 0 Å². The molecule has 0 radical (unpaired) electrons. The molecule has 6 heteroatoms. The number of benzene rings is 2. The average molecular weight is 402 g/mol. The summed E-state index contributed by atoms with van der Waals surface area (Å²) >= 11 is 6.05. The van der Waals surface area contributed by atoms with E-state index in [1.54, 1.807) is 31.2 Å². The first-order valence-corrected chi connectivity index (χ1v) is 9.97. The van der Waals surface area contributed by atoms with Crippen LogP contribution in [-0.2, 0) is 4.79 Å². The monoisotopic (exact) mass is 401 g/mol. The van der Waals surface area contributed by atoms with E-state index in [0.29, 0.717) is 17.1 Å². The number of hydrogen-bond acceptors (Lipinski definition) is 3. The molecule has 5 nitrogen and oxygen atoms in total. The number of carbonyl (C=O) groups excluding carboxylic acids is 2. The summed E-state index contributed by atoms with van der Waals surface area (Å²) in [7, 11) is 0. The van der Waals surface area contributed by atoms with Gasteiger partial charge in [0.05, 0.1) is 16.6 Å². The fourth-order valence-electron chi connectivity index (χ4n) is 3.13. The van der Waals surface area contributed by atoms with Crippen molar-refractivity contribution in [2.75, 3.05) is 19.6 Å². The topological polar surface area (TPSA) is 61.4 Å². The molecule has 2 rings (SSSR count). The first kappa shape index (κ1) is 21.9. The number of hydrogen-bond donors (Lipinski definition) is 2. The lowest BCUT2D eigenvalue weighted by Gasteiger charge is -2.30. The molecule has 0 saturated heterocycles. The zero-order valence-electron chi connectivity index (χ0n) is 16.6. The van der Waals surface area contributed by atoms with Crippen LogP contribution in [0.5, 0.6) is 0 Å². The fourth-order valence-corrected chi connectivity index (χ4v) is 3.35. The van der Waals surface area contributed by atoms with E-state index in [1.165, 1.54) is 0 Å². The van der Waals surface area contributed by atoms with E-state index < -0.39 is 6.04 Å². The SMILES string of the molecule is CCN(CC)C(CNC(=O)C(C)NC(=O)c1ccccc1Cl)c1ccccc1. The molecule has 2 unspecified atom stereocenters. The smallest absolute Gasteiger partial charge is 0.253 e. The summed E-state index contributed by atoms with van der Waals surface area (Å²) in [4.78, 5) is 27.2. The van der Waals surface area contributed by atoms with Crippen molar-refractivity contribution in [3.63, 3.8) is 0 Å². The van der Waals surface area contributed by atoms with E-state index in [0.717, 1.165) is 18.7 Å². The van der Waals surface area contributed by atoms with Crippen molar-refractivity contribution < 1.29 is 9.59 Å². The Morgan fingerprint density at radius 1 is 1.00 bits per heavy atom.